The first-order valence-electron chi connectivity index (χ1n) is 6.50. The van der Waals surface area contributed by atoms with Crippen LogP contribution in [0.3, 0.4) is 0 Å². The van der Waals surface area contributed by atoms with E-state index in [1.807, 2.05) is 6.20 Å². The highest BCUT2D eigenvalue weighted by Crippen LogP contribution is 2.37. The van der Waals surface area contributed by atoms with Crippen molar-refractivity contribution in [1.82, 2.24) is 4.98 Å². The van der Waals surface area contributed by atoms with Gasteiger partial charge in [0.1, 0.15) is 0 Å². The largest absolute Gasteiger partial charge is 0.413 e. The third kappa shape index (κ3) is 2.52. The Morgan fingerprint density at radius 3 is 2.56 bits per heavy atom. The van der Waals surface area contributed by atoms with Crippen LogP contribution in [-0.4, -0.2) is 13.3 Å². The Hall–Kier alpha value is -1.06. The number of rotatable bonds is 3. The molecule has 0 aliphatic heterocycles. The highest BCUT2D eigenvalue weighted by Gasteiger charge is 2.37. The van der Waals surface area contributed by atoms with Crippen molar-refractivity contribution in [2.24, 2.45) is 0 Å². The van der Waals surface area contributed by atoms with Crippen LogP contribution in [0.2, 0.25) is 18.1 Å². The quantitative estimate of drug-likeness (QED) is 0.797. The molecule has 1 heterocycles. The van der Waals surface area contributed by atoms with E-state index in [0.29, 0.717) is 6.61 Å². The zero-order chi connectivity index (χ0) is 13.4. The highest BCUT2D eigenvalue weighted by atomic mass is 28.4. The molecular weight excluding hydrogens is 238 g/mol. The number of aromatic amines is 1. The summed E-state index contributed by atoms with van der Waals surface area (Å²) in [4.78, 5) is 3.24. The molecule has 0 saturated heterocycles. The van der Waals surface area contributed by atoms with Crippen molar-refractivity contribution in [2.45, 2.75) is 45.5 Å². The second-order valence-corrected chi connectivity index (χ2v) is 11.2. The normalized spacial score (nSPS) is 13.2. The molecule has 0 fully saturated rings. The minimum Gasteiger partial charge on any atom is -0.413 e. The molecule has 0 aliphatic carbocycles. The standard InChI is InChI=1S/C15H23NOSi/c1-15(2,3)18(4,5)17-11-12-7-6-8-14-13(12)9-10-16-14/h6-10,16H,11H2,1-5H3. The number of hydrogen-bond acceptors (Lipinski definition) is 1. The van der Waals surface area contributed by atoms with Crippen LogP contribution in [0.15, 0.2) is 30.5 Å². The lowest BCUT2D eigenvalue weighted by Gasteiger charge is -2.36. The van der Waals surface area contributed by atoms with Crippen molar-refractivity contribution in [3.05, 3.63) is 36.0 Å². The molecule has 2 rings (SSSR count). The number of nitrogens with one attached hydrogen (secondary N) is 1. The monoisotopic (exact) mass is 261 g/mol. The van der Waals surface area contributed by atoms with Crippen LogP contribution < -0.4 is 0 Å². The van der Waals surface area contributed by atoms with Gasteiger partial charge in [0.2, 0.25) is 0 Å². The van der Waals surface area contributed by atoms with Gasteiger partial charge >= 0.3 is 0 Å². The summed E-state index contributed by atoms with van der Waals surface area (Å²) in [7, 11) is -1.66. The van der Waals surface area contributed by atoms with Crippen molar-refractivity contribution in [3.8, 4) is 0 Å². The van der Waals surface area contributed by atoms with E-state index in [1.54, 1.807) is 0 Å². The first-order valence-corrected chi connectivity index (χ1v) is 9.41. The number of fused-ring (bicyclic) bond motifs is 1. The molecule has 0 bridgehead atoms. The second kappa shape index (κ2) is 4.56. The van der Waals surface area contributed by atoms with Gasteiger partial charge in [0.25, 0.3) is 0 Å². The van der Waals surface area contributed by atoms with E-state index in [1.165, 1.54) is 16.5 Å². The Balaban J connectivity index is 2.18. The van der Waals surface area contributed by atoms with Crippen LogP contribution in [0.5, 0.6) is 0 Å². The first-order chi connectivity index (χ1) is 8.31. The van der Waals surface area contributed by atoms with E-state index in [0.717, 1.165) is 0 Å². The third-order valence-corrected chi connectivity index (χ3v) is 8.56. The Labute approximate surface area is 110 Å². The van der Waals surface area contributed by atoms with Gasteiger partial charge in [0, 0.05) is 17.1 Å². The van der Waals surface area contributed by atoms with Crippen LogP contribution in [0.25, 0.3) is 10.9 Å². The van der Waals surface area contributed by atoms with Gasteiger partial charge < -0.3 is 9.41 Å². The SMILES string of the molecule is CC(C)(C)[Si](C)(C)OCc1cccc2[nH]ccc12. The van der Waals surface area contributed by atoms with Gasteiger partial charge in [-0.1, -0.05) is 32.9 Å². The molecular formula is C15H23NOSi. The van der Waals surface area contributed by atoms with Gasteiger partial charge in [-0.15, -0.1) is 0 Å². The molecule has 3 heteroatoms. The van der Waals surface area contributed by atoms with Crippen LogP contribution in [-0.2, 0) is 11.0 Å². The minimum absolute atomic E-state index is 0.263. The van der Waals surface area contributed by atoms with Crippen molar-refractivity contribution in [2.75, 3.05) is 0 Å². The summed E-state index contributed by atoms with van der Waals surface area (Å²) < 4.78 is 6.28. The minimum atomic E-state index is -1.66. The molecule has 2 aromatic rings. The molecule has 1 aromatic heterocycles. The number of aromatic nitrogens is 1. The van der Waals surface area contributed by atoms with E-state index in [4.69, 9.17) is 4.43 Å². The predicted octanol–water partition coefficient (Wildman–Crippen LogP) is 4.69. The lowest BCUT2D eigenvalue weighted by atomic mass is 10.1. The third-order valence-electron chi connectivity index (χ3n) is 4.08. The second-order valence-electron chi connectivity index (χ2n) is 6.41. The lowest BCUT2D eigenvalue weighted by Crippen LogP contribution is -2.40. The molecule has 0 spiro atoms. The van der Waals surface area contributed by atoms with Gasteiger partial charge in [0.05, 0.1) is 6.61 Å². The average Bonchev–Trinajstić information content (AvgIpc) is 2.73. The molecule has 0 atom stereocenters. The number of benzene rings is 1. The summed E-state index contributed by atoms with van der Waals surface area (Å²) in [6, 6.07) is 8.47. The maximum Gasteiger partial charge on any atom is 0.192 e. The van der Waals surface area contributed by atoms with E-state index in [-0.39, 0.29) is 5.04 Å². The summed E-state index contributed by atoms with van der Waals surface area (Å²) in [5.74, 6) is 0. The summed E-state index contributed by atoms with van der Waals surface area (Å²) in [5.41, 5.74) is 2.46. The molecule has 0 amide bonds. The molecule has 0 saturated carbocycles. The molecule has 1 aromatic carbocycles. The van der Waals surface area contributed by atoms with Crippen LogP contribution >= 0.6 is 0 Å². The molecule has 18 heavy (non-hydrogen) atoms. The molecule has 0 unspecified atom stereocenters. The van der Waals surface area contributed by atoms with Crippen LogP contribution in [0.1, 0.15) is 26.3 Å². The highest BCUT2D eigenvalue weighted by molar-refractivity contribution is 6.74. The van der Waals surface area contributed by atoms with Crippen molar-refractivity contribution in [1.29, 1.82) is 0 Å². The van der Waals surface area contributed by atoms with E-state index in [9.17, 15) is 0 Å². The Kier molecular flexibility index (Phi) is 3.38. The van der Waals surface area contributed by atoms with Gasteiger partial charge in [-0.25, -0.2) is 0 Å². The van der Waals surface area contributed by atoms with Gasteiger partial charge in [-0.3, -0.25) is 0 Å². The average molecular weight is 261 g/mol. The van der Waals surface area contributed by atoms with Crippen molar-refractivity contribution >= 4 is 19.2 Å². The number of hydrogen-bond donors (Lipinski definition) is 1. The van der Waals surface area contributed by atoms with Gasteiger partial charge in [-0.2, -0.15) is 0 Å². The van der Waals surface area contributed by atoms with E-state index < -0.39 is 8.32 Å². The molecule has 98 valence electrons. The predicted molar refractivity (Wildman–Crippen MR) is 80.3 cm³/mol. The first kappa shape index (κ1) is 13.4. The Morgan fingerprint density at radius 1 is 1.17 bits per heavy atom. The lowest BCUT2D eigenvalue weighted by molar-refractivity contribution is 0.277. The Morgan fingerprint density at radius 2 is 1.89 bits per heavy atom. The zero-order valence-electron chi connectivity index (χ0n) is 12.0. The van der Waals surface area contributed by atoms with Crippen LogP contribution in [0.4, 0.5) is 0 Å². The zero-order valence-corrected chi connectivity index (χ0v) is 13.0. The molecule has 0 radical (unpaired) electrons. The molecule has 0 aliphatic rings. The maximum absolute atomic E-state index is 6.28. The molecule has 1 N–H and O–H groups in total. The van der Waals surface area contributed by atoms with E-state index in [2.05, 4.69) is 63.1 Å². The van der Waals surface area contributed by atoms with Crippen molar-refractivity contribution in [3.63, 3.8) is 0 Å². The van der Waals surface area contributed by atoms with Gasteiger partial charge in [0.15, 0.2) is 8.32 Å². The smallest absolute Gasteiger partial charge is 0.192 e. The van der Waals surface area contributed by atoms with Gasteiger partial charge in [-0.05, 0) is 35.8 Å². The summed E-state index contributed by atoms with van der Waals surface area (Å²) >= 11 is 0. The summed E-state index contributed by atoms with van der Waals surface area (Å²) in [5, 5.41) is 1.54. The maximum atomic E-state index is 6.28. The Bertz CT molecular complexity index is 537. The van der Waals surface area contributed by atoms with E-state index >= 15 is 0 Å². The summed E-state index contributed by atoms with van der Waals surface area (Å²) in [6.45, 7) is 12.1. The topological polar surface area (TPSA) is 25.0 Å². The van der Waals surface area contributed by atoms with Crippen LogP contribution in [0, 0.1) is 0 Å². The fraction of sp³-hybridized carbons (Fsp3) is 0.467. The molecule has 2 nitrogen and oxygen atoms in total. The number of H-pyrrole nitrogens is 1. The summed E-state index contributed by atoms with van der Waals surface area (Å²) in [6.07, 6.45) is 1.99. The fourth-order valence-electron chi connectivity index (χ4n) is 1.75. The fourth-order valence-corrected chi connectivity index (χ4v) is 2.70. The van der Waals surface area contributed by atoms with Crippen molar-refractivity contribution < 1.29 is 4.43 Å².